The van der Waals surface area contributed by atoms with E-state index in [2.05, 4.69) is 10.6 Å². The van der Waals surface area contributed by atoms with Crippen molar-refractivity contribution < 1.29 is 33.0 Å². The van der Waals surface area contributed by atoms with E-state index < -0.39 is 35.9 Å². The Morgan fingerprint density at radius 3 is 2.23 bits per heavy atom. The number of carboxylic acid groups (broad SMARTS) is 1. The third-order valence-electron chi connectivity index (χ3n) is 6.16. The highest BCUT2D eigenvalue weighted by molar-refractivity contribution is 7.99. The van der Waals surface area contributed by atoms with Gasteiger partial charge in [-0.15, -0.1) is 11.8 Å². The molecule has 0 heterocycles. The van der Waals surface area contributed by atoms with Gasteiger partial charge >= 0.3 is 18.0 Å². The molecule has 1 saturated carbocycles. The maximum Gasteiger partial charge on any atom is 0.407 e. The molecule has 2 aliphatic carbocycles. The van der Waals surface area contributed by atoms with E-state index in [-0.39, 0.29) is 30.6 Å². The van der Waals surface area contributed by atoms with Gasteiger partial charge in [-0.05, 0) is 41.0 Å². The standard InChI is InChI=1S/C25H26F2N2O5S/c26-25(27,23(32)28-11-12-35-14-21(30)31)22(15-9-10-15)29-24(33)34-13-20-18-7-3-1-5-16(18)17-6-2-4-8-19(17)20/h1-8,15,20,22H,9-14H2,(H,28,32)(H,29,33)(H,30,31). The zero-order valence-corrected chi connectivity index (χ0v) is 19.7. The van der Waals surface area contributed by atoms with E-state index in [1.807, 2.05) is 48.5 Å². The number of fused-ring (bicyclic) bond motifs is 3. The van der Waals surface area contributed by atoms with Crippen LogP contribution in [0.25, 0.3) is 11.1 Å². The van der Waals surface area contributed by atoms with Crippen LogP contribution in [-0.2, 0) is 14.3 Å². The van der Waals surface area contributed by atoms with Gasteiger partial charge in [0.05, 0.1) is 5.75 Å². The lowest BCUT2D eigenvalue weighted by Crippen LogP contribution is -2.57. The van der Waals surface area contributed by atoms with Crippen LogP contribution in [-0.4, -0.2) is 59.7 Å². The van der Waals surface area contributed by atoms with Crippen molar-refractivity contribution in [1.29, 1.82) is 0 Å². The van der Waals surface area contributed by atoms with Crippen LogP contribution in [0.4, 0.5) is 13.6 Å². The molecule has 7 nitrogen and oxygen atoms in total. The minimum absolute atomic E-state index is 0.0180. The Morgan fingerprint density at radius 2 is 1.66 bits per heavy atom. The van der Waals surface area contributed by atoms with Gasteiger partial charge in [-0.3, -0.25) is 9.59 Å². The number of carbonyl (C=O) groups excluding carboxylic acids is 2. The molecular weight excluding hydrogens is 478 g/mol. The lowest BCUT2D eigenvalue weighted by Gasteiger charge is -2.27. The molecule has 10 heteroatoms. The highest BCUT2D eigenvalue weighted by atomic mass is 32.2. The van der Waals surface area contributed by atoms with E-state index in [9.17, 15) is 23.2 Å². The van der Waals surface area contributed by atoms with Crippen molar-refractivity contribution in [1.82, 2.24) is 10.6 Å². The van der Waals surface area contributed by atoms with E-state index in [1.54, 1.807) is 0 Å². The zero-order chi connectivity index (χ0) is 25.0. The van der Waals surface area contributed by atoms with Crippen molar-refractivity contribution in [2.75, 3.05) is 24.7 Å². The third-order valence-corrected chi connectivity index (χ3v) is 7.11. The van der Waals surface area contributed by atoms with Gasteiger partial charge in [0.15, 0.2) is 0 Å². The number of halogens is 2. The smallest absolute Gasteiger partial charge is 0.407 e. The number of rotatable bonds is 11. The Kier molecular flexibility index (Phi) is 7.59. The summed E-state index contributed by atoms with van der Waals surface area (Å²) in [6.45, 7) is -0.121. The summed E-state index contributed by atoms with van der Waals surface area (Å²) < 4.78 is 35.2. The monoisotopic (exact) mass is 504 g/mol. The Bertz CT molecular complexity index is 1060. The molecule has 2 aliphatic rings. The summed E-state index contributed by atoms with van der Waals surface area (Å²) in [5, 5.41) is 13.0. The molecule has 0 spiro atoms. The molecule has 0 aliphatic heterocycles. The molecule has 1 fully saturated rings. The van der Waals surface area contributed by atoms with E-state index in [0.29, 0.717) is 12.8 Å². The van der Waals surface area contributed by atoms with E-state index >= 15 is 0 Å². The number of alkyl carbamates (subject to hydrolysis) is 1. The topological polar surface area (TPSA) is 105 Å². The maximum atomic E-state index is 14.9. The number of thioether (sulfide) groups is 1. The number of aliphatic carboxylic acids is 1. The van der Waals surface area contributed by atoms with Gasteiger partial charge in [-0.25, -0.2) is 4.79 Å². The van der Waals surface area contributed by atoms with Crippen molar-refractivity contribution in [2.45, 2.75) is 30.7 Å². The van der Waals surface area contributed by atoms with Gasteiger partial charge in [-0.1, -0.05) is 48.5 Å². The first-order valence-electron chi connectivity index (χ1n) is 11.4. The first-order valence-corrected chi connectivity index (χ1v) is 12.5. The first kappa shape index (κ1) is 25.0. The molecule has 0 bridgehead atoms. The van der Waals surface area contributed by atoms with Crippen LogP contribution in [0.2, 0.25) is 0 Å². The summed E-state index contributed by atoms with van der Waals surface area (Å²) in [5.41, 5.74) is 4.12. The van der Waals surface area contributed by atoms with Gasteiger partial charge in [-0.2, -0.15) is 8.78 Å². The third kappa shape index (κ3) is 5.75. The highest BCUT2D eigenvalue weighted by Gasteiger charge is 2.54. The van der Waals surface area contributed by atoms with Gasteiger partial charge in [0.25, 0.3) is 5.91 Å². The lowest BCUT2D eigenvalue weighted by atomic mass is 9.98. The molecule has 186 valence electrons. The summed E-state index contributed by atoms with van der Waals surface area (Å²) in [6, 6.07) is 13.9. The predicted octanol–water partition coefficient (Wildman–Crippen LogP) is 3.87. The first-order chi connectivity index (χ1) is 16.8. The number of hydrogen-bond donors (Lipinski definition) is 3. The number of ether oxygens (including phenoxy) is 1. The number of carbonyl (C=O) groups is 3. The second-order valence-corrected chi connectivity index (χ2v) is 9.72. The molecule has 2 aromatic carbocycles. The summed E-state index contributed by atoms with van der Waals surface area (Å²) in [5.74, 6) is -7.07. The molecule has 0 radical (unpaired) electrons. The normalized spacial score (nSPS) is 15.6. The second kappa shape index (κ2) is 10.6. The second-order valence-electron chi connectivity index (χ2n) is 8.61. The number of benzene rings is 2. The maximum absolute atomic E-state index is 14.9. The molecule has 0 aromatic heterocycles. The Morgan fingerprint density at radius 1 is 1.06 bits per heavy atom. The lowest BCUT2D eigenvalue weighted by molar-refractivity contribution is -0.150. The van der Waals surface area contributed by atoms with Crippen LogP contribution < -0.4 is 10.6 Å². The molecule has 2 amide bonds. The van der Waals surface area contributed by atoms with Gasteiger partial charge in [0, 0.05) is 18.2 Å². The van der Waals surface area contributed by atoms with Crippen molar-refractivity contribution in [3.8, 4) is 11.1 Å². The van der Waals surface area contributed by atoms with Crippen LogP contribution in [0.5, 0.6) is 0 Å². The van der Waals surface area contributed by atoms with Crippen molar-refractivity contribution >= 4 is 29.7 Å². The minimum Gasteiger partial charge on any atom is -0.481 e. The highest BCUT2D eigenvalue weighted by Crippen LogP contribution is 2.44. The number of hydrogen-bond acceptors (Lipinski definition) is 5. The van der Waals surface area contributed by atoms with Crippen molar-refractivity contribution in [3.63, 3.8) is 0 Å². The molecule has 2 aromatic rings. The Labute approximate surface area is 205 Å². The van der Waals surface area contributed by atoms with Gasteiger partial charge < -0.3 is 20.5 Å². The summed E-state index contributed by atoms with van der Waals surface area (Å²) in [6.07, 6.45) is -0.0367. The molecule has 3 N–H and O–H groups in total. The predicted molar refractivity (Wildman–Crippen MR) is 128 cm³/mol. The van der Waals surface area contributed by atoms with Crippen LogP contribution in [0.15, 0.2) is 48.5 Å². The molecule has 35 heavy (non-hydrogen) atoms. The quantitative estimate of drug-likeness (QED) is 0.402. The fraction of sp³-hybridized carbons (Fsp3) is 0.400. The summed E-state index contributed by atoms with van der Waals surface area (Å²) >= 11 is 1.01. The van der Waals surface area contributed by atoms with Crippen molar-refractivity contribution in [2.24, 2.45) is 5.92 Å². The molecular formula is C25H26F2N2O5S. The number of amides is 2. The fourth-order valence-corrected chi connectivity index (χ4v) is 4.92. The van der Waals surface area contributed by atoms with Gasteiger partial charge in [0.2, 0.25) is 0 Å². The van der Waals surface area contributed by atoms with Crippen LogP contribution >= 0.6 is 11.8 Å². The largest absolute Gasteiger partial charge is 0.481 e. The fourth-order valence-electron chi connectivity index (χ4n) is 4.36. The molecule has 1 atom stereocenters. The zero-order valence-electron chi connectivity index (χ0n) is 18.8. The number of nitrogens with one attached hydrogen (secondary N) is 2. The summed E-state index contributed by atoms with van der Waals surface area (Å²) in [7, 11) is 0. The molecule has 1 unspecified atom stereocenters. The van der Waals surface area contributed by atoms with Crippen LogP contribution in [0, 0.1) is 5.92 Å². The van der Waals surface area contributed by atoms with Gasteiger partial charge in [0.1, 0.15) is 12.6 Å². The summed E-state index contributed by atoms with van der Waals surface area (Å²) in [4.78, 5) is 35.2. The average molecular weight is 505 g/mol. The average Bonchev–Trinajstić information content (AvgIpc) is 3.63. The Hall–Kier alpha value is -3.14. The van der Waals surface area contributed by atoms with E-state index in [1.165, 1.54) is 0 Å². The van der Waals surface area contributed by atoms with E-state index in [0.717, 1.165) is 34.0 Å². The number of carboxylic acids is 1. The molecule has 4 rings (SSSR count). The Balaban J connectivity index is 1.35. The molecule has 0 saturated heterocycles. The van der Waals surface area contributed by atoms with Crippen LogP contribution in [0.1, 0.15) is 29.9 Å². The van der Waals surface area contributed by atoms with Crippen molar-refractivity contribution in [3.05, 3.63) is 59.7 Å². The van der Waals surface area contributed by atoms with E-state index in [4.69, 9.17) is 9.84 Å². The minimum atomic E-state index is -3.83. The SMILES string of the molecule is O=C(O)CSCCNC(=O)C(F)(F)C(NC(=O)OCC1c2ccccc2-c2ccccc21)C1CC1. The van der Waals surface area contributed by atoms with Crippen LogP contribution in [0.3, 0.4) is 0 Å². The number of alkyl halides is 2.